The molecule has 9 heteroatoms. The zero-order valence-corrected chi connectivity index (χ0v) is 20.3. The summed E-state index contributed by atoms with van der Waals surface area (Å²) >= 11 is 5.96. The van der Waals surface area contributed by atoms with E-state index in [9.17, 15) is 19.2 Å². The van der Waals surface area contributed by atoms with Gasteiger partial charge in [0.05, 0.1) is 11.3 Å². The molecule has 0 spiro atoms. The third-order valence-electron chi connectivity index (χ3n) is 6.12. The first-order valence-electron chi connectivity index (χ1n) is 11.2. The van der Waals surface area contributed by atoms with E-state index in [2.05, 4.69) is 10.1 Å². The van der Waals surface area contributed by atoms with E-state index in [0.29, 0.717) is 33.4 Å². The normalized spacial score (nSPS) is 12.4. The molecule has 0 aliphatic heterocycles. The number of carboxylic acid groups (broad SMARTS) is 1. The number of benzene rings is 3. The van der Waals surface area contributed by atoms with Gasteiger partial charge in [0.1, 0.15) is 11.6 Å². The number of nitrogens with one attached hydrogen (secondary N) is 1. The van der Waals surface area contributed by atoms with Gasteiger partial charge in [-0.1, -0.05) is 53.2 Å². The first kappa shape index (κ1) is 25.8. The van der Waals surface area contributed by atoms with Crippen LogP contribution in [0.4, 0.5) is 8.78 Å². The van der Waals surface area contributed by atoms with Crippen LogP contribution in [0.1, 0.15) is 45.0 Å². The van der Waals surface area contributed by atoms with Crippen LogP contribution >= 0.6 is 11.6 Å². The van der Waals surface area contributed by atoms with E-state index in [0.717, 1.165) is 6.07 Å². The van der Waals surface area contributed by atoms with Crippen molar-refractivity contribution in [2.24, 2.45) is 5.16 Å². The number of halogens is 3. The average molecular weight is 523 g/mol. The minimum atomic E-state index is -1.36. The molecule has 0 amide bonds. The number of aromatic amines is 1. The lowest BCUT2D eigenvalue weighted by Crippen LogP contribution is -2.15. The lowest BCUT2D eigenvalue weighted by molar-refractivity contribution is 0.0692. The van der Waals surface area contributed by atoms with Crippen molar-refractivity contribution in [1.29, 1.82) is 0 Å². The second kappa shape index (κ2) is 10.8. The van der Waals surface area contributed by atoms with Crippen LogP contribution in [0.5, 0.6) is 0 Å². The highest BCUT2D eigenvalue weighted by Gasteiger charge is 2.23. The van der Waals surface area contributed by atoms with E-state index in [1.165, 1.54) is 24.4 Å². The predicted molar refractivity (Wildman–Crippen MR) is 137 cm³/mol. The summed E-state index contributed by atoms with van der Waals surface area (Å²) in [5, 5.41) is 22.5. The van der Waals surface area contributed by atoms with Gasteiger partial charge in [0.2, 0.25) is 0 Å². The van der Waals surface area contributed by atoms with Crippen LogP contribution in [0, 0.1) is 18.6 Å². The molecule has 0 saturated carbocycles. The molecular formula is C28H21ClF2N2O4. The standard InChI is InChI=1S/C28H21ClF2N2O4/c1-15-10-19(14-32-27(15)34)26(33-37)13-23(21-9-7-20(29)12-25(21)31)17-4-2-16(3-5-17)18-6-8-22(28(35)36)24(30)11-18/h2-12,14,23,37H,13H2,1H3,(H,32,34)(H,35,36)/b33-26+/t23-/m0/s1. The zero-order valence-electron chi connectivity index (χ0n) is 19.5. The molecule has 3 N–H and O–H groups in total. The molecule has 0 saturated heterocycles. The Labute approximate surface area is 215 Å². The van der Waals surface area contributed by atoms with E-state index < -0.39 is 29.1 Å². The third kappa shape index (κ3) is 5.59. The van der Waals surface area contributed by atoms with Crippen LogP contribution in [0.2, 0.25) is 5.02 Å². The first-order valence-corrected chi connectivity index (χ1v) is 11.5. The maximum atomic E-state index is 15.0. The Hall–Kier alpha value is -4.30. The highest BCUT2D eigenvalue weighted by atomic mass is 35.5. The number of hydrogen-bond donors (Lipinski definition) is 3. The Bertz CT molecular complexity index is 1570. The highest BCUT2D eigenvalue weighted by molar-refractivity contribution is 6.30. The molecule has 0 radical (unpaired) electrons. The molecule has 0 fully saturated rings. The molecule has 3 aromatic carbocycles. The van der Waals surface area contributed by atoms with E-state index in [1.807, 2.05) is 0 Å². The van der Waals surface area contributed by atoms with Gasteiger partial charge in [0.15, 0.2) is 0 Å². The van der Waals surface area contributed by atoms with Gasteiger partial charge in [0.25, 0.3) is 5.56 Å². The number of aromatic nitrogens is 1. The molecule has 188 valence electrons. The molecule has 0 bridgehead atoms. The van der Waals surface area contributed by atoms with Crippen molar-refractivity contribution in [1.82, 2.24) is 4.98 Å². The Morgan fingerprint density at radius 3 is 2.30 bits per heavy atom. The van der Waals surface area contributed by atoms with E-state index >= 15 is 4.39 Å². The van der Waals surface area contributed by atoms with Crippen molar-refractivity contribution in [2.75, 3.05) is 0 Å². The van der Waals surface area contributed by atoms with Gasteiger partial charge in [-0.3, -0.25) is 4.79 Å². The van der Waals surface area contributed by atoms with Crippen molar-refractivity contribution >= 4 is 23.3 Å². The second-order valence-corrected chi connectivity index (χ2v) is 8.93. The maximum absolute atomic E-state index is 15.0. The SMILES string of the molecule is Cc1cc(/C(C[C@@H](c2ccc(-c3ccc(C(=O)O)c(F)c3)cc2)c2ccc(Cl)cc2F)=N/O)c[nH]c1=O. The topological polar surface area (TPSA) is 103 Å². The molecule has 0 aliphatic carbocycles. The summed E-state index contributed by atoms with van der Waals surface area (Å²) in [5.41, 5.74) is 2.53. The third-order valence-corrected chi connectivity index (χ3v) is 6.36. The van der Waals surface area contributed by atoms with Crippen LogP contribution in [0.3, 0.4) is 0 Å². The van der Waals surface area contributed by atoms with Crippen molar-refractivity contribution in [3.63, 3.8) is 0 Å². The minimum Gasteiger partial charge on any atom is -0.478 e. The van der Waals surface area contributed by atoms with Gasteiger partial charge in [-0.15, -0.1) is 0 Å². The van der Waals surface area contributed by atoms with Crippen LogP contribution in [-0.4, -0.2) is 27.0 Å². The van der Waals surface area contributed by atoms with Gasteiger partial charge in [-0.05, 0) is 59.5 Å². The Kier molecular flexibility index (Phi) is 7.50. The Balaban J connectivity index is 1.74. The monoisotopic (exact) mass is 522 g/mol. The number of rotatable bonds is 7. The zero-order chi connectivity index (χ0) is 26.7. The fraction of sp³-hybridized carbons (Fsp3) is 0.107. The summed E-state index contributed by atoms with van der Waals surface area (Å²) in [4.78, 5) is 25.5. The van der Waals surface area contributed by atoms with E-state index in [4.69, 9.17) is 16.7 Å². The summed E-state index contributed by atoms with van der Waals surface area (Å²) in [6.45, 7) is 1.62. The fourth-order valence-corrected chi connectivity index (χ4v) is 4.30. The second-order valence-electron chi connectivity index (χ2n) is 8.49. The van der Waals surface area contributed by atoms with Crippen molar-refractivity contribution in [3.05, 3.63) is 128 Å². The maximum Gasteiger partial charge on any atom is 0.338 e. The number of aromatic carboxylic acids is 1. The summed E-state index contributed by atoms with van der Waals surface area (Å²) in [5.74, 6) is -3.35. The molecule has 4 rings (SSSR count). The lowest BCUT2D eigenvalue weighted by atomic mass is 9.84. The molecule has 0 aliphatic rings. The number of hydrogen-bond acceptors (Lipinski definition) is 4. The van der Waals surface area contributed by atoms with E-state index in [1.54, 1.807) is 49.4 Å². The molecule has 1 aromatic heterocycles. The predicted octanol–water partition coefficient (Wildman–Crippen LogP) is 6.38. The number of pyridine rings is 1. The quantitative estimate of drug-likeness (QED) is 0.149. The first-order chi connectivity index (χ1) is 17.7. The molecule has 1 heterocycles. The van der Waals surface area contributed by atoms with Crippen LogP contribution < -0.4 is 5.56 Å². The van der Waals surface area contributed by atoms with Crippen LogP contribution in [-0.2, 0) is 0 Å². The molecular weight excluding hydrogens is 502 g/mol. The van der Waals surface area contributed by atoms with Gasteiger partial charge < -0.3 is 15.3 Å². The minimum absolute atomic E-state index is 0.0851. The Morgan fingerprint density at radius 2 is 1.70 bits per heavy atom. The van der Waals surface area contributed by atoms with Gasteiger partial charge >= 0.3 is 5.97 Å². The van der Waals surface area contributed by atoms with Crippen LogP contribution in [0.15, 0.2) is 82.9 Å². The van der Waals surface area contributed by atoms with Crippen molar-refractivity contribution < 1.29 is 23.9 Å². The van der Waals surface area contributed by atoms with Crippen LogP contribution in [0.25, 0.3) is 11.1 Å². The Morgan fingerprint density at radius 1 is 1.00 bits per heavy atom. The number of aryl methyl sites for hydroxylation is 1. The highest BCUT2D eigenvalue weighted by Crippen LogP contribution is 2.34. The molecule has 6 nitrogen and oxygen atoms in total. The number of carbonyl (C=O) groups is 1. The molecule has 4 aromatic rings. The van der Waals surface area contributed by atoms with Crippen molar-refractivity contribution in [2.45, 2.75) is 19.3 Å². The lowest BCUT2D eigenvalue weighted by Gasteiger charge is -2.20. The summed E-state index contributed by atoms with van der Waals surface area (Å²) in [6, 6.07) is 16.7. The van der Waals surface area contributed by atoms with E-state index in [-0.39, 0.29) is 22.7 Å². The molecule has 1 atom stereocenters. The number of H-pyrrole nitrogens is 1. The number of carboxylic acids is 1. The largest absolute Gasteiger partial charge is 0.478 e. The fourth-order valence-electron chi connectivity index (χ4n) is 4.14. The van der Waals surface area contributed by atoms with Gasteiger partial charge in [-0.2, -0.15) is 0 Å². The van der Waals surface area contributed by atoms with Gasteiger partial charge in [-0.25, -0.2) is 13.6 Å². The summed E-state index contributed by atoms with van der Waals surface area (Å²) < 4.78 is 29.2. The number of oxime groups is 1. The number of nitrogens with zero attached hydrogens (tertiary/aromatic N) is 1. The van der Waals surface area contributed by atoms with Gasteiger partial charge in [0, 0.05) is 34.7 Å². The molecule has 0 unspecified atom stereocenters. The average Bonchev–Trinajstić information content (AvgIpc) is 2.87. The molecule has 37 heavy (non-hydrogen) atoms. The van der Waals surface area contributed by atoms with Crippen molar-refractivity contribution in [3.8, 4) is 11.1 Å². The smallest absolute Gasteiger partial charge is 0.338 e. The summed E-state index contributed by atoms with van der Waals surface area (Å²) in [6.07, 6.45) is 1.51. The summed E-state index contributed by atoms with van der Waals surface area (Å²) in [7, 11) is 0.